The second-order valence-corrected chi connectivity index (χ2v) is 3.80. The molecule has 1 rings (SSSR count). The molecule has 0 aromatic carbocycles. The lowest BCUT2D eigenvalue weighted by atomic mass is 10.2. The van der Waals surface area contributed by atoms with E-state index in [9.17, 15) is 0 Å². The third-order valence-electron chi connectivity index (χ3n) is 2.40. The quantitative estimate of drug-likeness (QED) is 0.665. The van der Waals surface area contributed by atoms with Crippen molar-refractivity contribution in [3.8, 4) is 0 Å². The average molecular weight is 211 g/mol. The molecule has 0 saturated heterocycles. The predicted molar refractivity (Wildman–Crippen MR) is 60.5 cm³/mol. The van der Waals surface area contributed by atoms with E-state index in [1.807, 2.05) is 19.3 Å². The van der Waals surface area contributed by atoms with Crippen LogP contribution in [0, 0.1) is 0 Å². The molecule has 0 aliphatic heterocycles. The molecule has 4 nitrogen and oxygen atoms in total. The molecular weight excluding hydrogens is 190 g/mol. The molecule has 0 amide bonds. The third kappa shape index (κ3) is 4.44. The van der Waals surface area contributed by atoms with Crippen LogP contribution >= 0.6 is 0 Å². The maximum absolute atomic E-state index is 9.07. The first kappa shape index (κ1) is 12.2. The summed E-state index contributed by atoms with van der Waals surface area (Å²) in [6.45, 7) is 6.63. The zero-order valence-corrected chi connectivity index (χ0v) is 9.61. The highest BCUT2D eigenvalue weighted by molar-refractivity contribution is 4.91. The van der Waals surface area contributed by atoms with Crippen molar-refractivity contribution in [2.75, 3.05) is 6.54 Å². The molecule has 0 spiro atoms. The van der Waals surface area contributed by atoms with Crippen LogP contribution in [0.15, 0.2) is 12.4 Å². The van der Waals surface area contributed by atoms with E-state index >= 15 is 0 Å². The van der Waals surface area contributed by atoms with Gasteiger partial charge in [-0.3, -0.25) is 0 Å². The molecule has 4 heteroatoms. The lowest BCUT2D eigenvalue weighted by Crippen LogP contribution is -2.19. The second kappa shape index (κ2) is 6.58. The SMILES string of the molecule is CCn1ccnc1CNCCCC(C)O. The molecule has 1 unspecified atom stereocenters. The Labute approximate surface area is 91.3 Å². The fourth-order valence-electron chi connectivity index (χ4n) is 1.52. The Balaban J connectivity index is 2.15. The molecule has 86 valence electrons. The fraction of sp³-hybridized carbons (Fsp3) is 0.727. The highest BCUT2D eigenvalue weighted by Crippen LogP contribution is 1.98. The molecule has 1 aromatic rings. The van der Waals surface area contributed by atoms with Crippen LogP contribution in [0.5, 0.6) is 0 Å². The minimum Gasteiger partial charge on any atom is -0.393 e. The first-order chi connectivity index (χ1) is 7.24. The molecule has 1 atom stereocenters. The Morgan fingerprint density at radius 1 is 1.60 bits per heavy atom. The molecule has 2 N–H and O–H groups in total. The molecule has 0 bridgehead atoms. The second-order valence-electron chi connectivity index (χ2n) is 3.80. The summed E-state index contributed by atoms with van der Waals surface area (Å²) in [7, 11) is 0. The molecule has 15 heavy (non-hydrogen) atoms. The normalized spacial score (nSPS) is 13.0. The molecule has 0 aliphatic rings. The Morgan fingerprint density at radius 3 is 3.07 bits per heavy atom. The van der Waals surface area contributed by atoms with Gasteiger partial charge in [-0.2, -0.15) is 0 Å². The van der Waals surface area contributed by atoms with E-state index in [2.05, 4.69) is 21.8 Å². The lowest BCUT2D eigenvalue weighted by Gasteiger charge is -2.07. The van der Waals surface area contributed by atoms with Gasteiger partial charge in [0.05, 0.1) is 12.6 Å². The van der Waals surface area contributed by atoms with Gasteiger partial charge in [0, 0.05) is 18.9 Å². The number of nitrogens with zero attached hydrogens (tertiary/aromatic N) is 2. The van der Waals surface area contributed by atoms with E-state index in [1.54, 1.807) is 0 Å². The number of aliphatic hydroxyl groups is 1. The first-order valence-corrected chi connectivity index (χ1v) is 5.62. The summed E-state index contributed by atoms with van der Waals surface area (Å²) in [5, 5.41) is 12.4. The predicted octanol–water partition coefficient (Wildman–Crippen LogP) is 1.15. The maximum Gasteiger partial charge on any atom is 0.122 e. The van der Waals surface area contributed by atoms with E-state index in [4.69, 9.17) is 5.11 Å². The van der Waals surface area contributed by atoms with Gasteiger partial charge < -0.3 is 15.0 Å². The summed E-state index contributed by atoms with van der Waals surface area (Å²) in [5.74, 6) is 1.08. The Hall–Kier alpha value is -0.870. The summed E-state index contributed by atoms with van der Waals surface area (Å²) in [5.41, 5.74) is 0. The summed E-state index contributed by atoms with van der Waals surface area (Å²) < 4.78 is 2.13. The van der Waals surface area contributed by atoms with Gasteiger partial charge in [-0.15, -0.1) is 0 Å². The van der Waals surface area contributed by atoms with Crippen LogP contribution in [0.25, 0.3) is 0 Å². The molecule has 0 aliphatic carbocycles. The number of aliphatic hydroxyl groups excluding tert-OH is 1. The molecule has 0 fully saturated rings. The van der Waals surface area contributed by atoms with Gasteiger partial charge in [0.15, 0.2) is 0 Å². The Morgan fingerprint density at radius 2 is 2.40 bits per heavy atom. The van der Waals surface area contributed by atoms with Crippen molar-refractivity contribution in [2.45, 2.75) is 45.9 Å². The fourth-order valence-corrected chi connectivity index (χ4v) is 1.52. The van der Waals surface area contributed by atoms with E-state index in [0.717, 1.165) is 38.3 Å². The largest absolute Gasteiger partial charge is 0.393 e. The van der Waals surface area contributed by atoms with Crippen LogP contribution in [0.2, 0.25) is 0 Å². The van der Waals surface area contributed by atoms with Gasteiger partial charge in [0.25, 0.3) is 0 Å². The first-order valence-electron chi connectivity index (χ1n) is 5.62. The number of aryl methyl sites for hydroxylation is 1. The monoisotopic (exact) mass is 211 g/mol. The Kier molecular flexibility index (Phi) is 5.36. The van der Waals surface area contributed by atoms with E-state index in [-0.39, 0.29) is 6.10 Å². The minimum absolute atomic E-state index is 0.190. The van der Waals surface area contributed by atoms with Crippen LogP contribution in [0.4, 0.5) is 0 Å². The molecule has 0 radical (unpaired) electrons. The van der Waals surface area contributed by atoms with Gasteiger partial charge in [0.2, 0.25) is 0 Å². The summed E-state index contributed by atoms with van der Waals surface area (Å²) in [4.78, 5) is 4.27. The van der Waals surface area contributed by atoms with Gasteiger partial charge in [-0.25, -0.2) is 4.98 Å². The number of aromatic nitrogens is 2. The summed E-state index contributed by atoms with van der Waals surface area (Å²) >= 11 is 0. The van der Waals surface area contributed by atoms with Gasteiger partial charge >= 0.3 is 0 Å². The van der Waals surface area contributed by atoms with Gasteiger partial charge in [0.1, 0.15) is 5.82 Å². The topological polar surface area (TPSA) is 50.1 Å². The molecular formula is C11H21N3O. The van der Waals surface area contributed by atoms with Crippen molar-refractivity contribution in [2.24, 2.45) is 0 Å². The average Bonchev–Trinajstić information content (AvgIpc) is 2.64. The Bertz CT molecular complexity index is 271. The number of nitrogens with one attached hydrogen (secondary N) is 1. The number of rotatable bonds is 7. The van der Waals surface area contributed by atoms with Crippen molar-refractivity contribution < 1.29 is 5.11 Å². The highest BCUT2D eigenvalue weighted by atomic mass is 16.3. The number of imidazole rings is 1. The standard InChI is InChI=1S/C11H21N3O/c1-3-14-8-7-13-11(14)9-12-6-4-5-10(2)15/h7-8,10,12,15H,3-6,9H2,1-2H3. The van der Waals surface area contributed by atoms with E-state index < -0.39 is 0 Å². The smallest absolute Gasteiger partial charge is 0.122 e. The molecule has 1 heterocycles. The van der Waals surface area contributed by atoms with Crippen LogP contribution in [-0.2, 0) is 13.1 Å². The minimum atomic E-state index is -0.190. The maximum atomic E-state index is 9.07. The van der Waals surface area contributed by atoms with Crippen LogP contribution < -0.4 is 5.32 Å². The third-order valence-corrected chi connectivity index (χ3v) is 2.40. The number of hydrogen-bond acceptors (Lipinski definition) is 3. The van der Waals surface area contributed by atoms with Crippen molar-refractivity contribution in [1.29, 1.82) is 0 Å². The van der Waals surface area contributed by atoms with E-state index in [0.29, 0.717) is 0 Å². The van der Waals surface area contributed by atoms with Crippen molar-refractivity contribution in [3.63, 3.8) is 0 Å². The van der Waals surface area contributed by atoms with E-state index in [1.165, 1.54) is 0 Å². The van der Waals surface area contributed by atoms with Gasteiger partial charge in [-0.1, -0.05) is 0 Å². The molecule has 1 aromatic heterocycles. The zero-order valence-electron chi connectivity index (χ0n) is 9.61. The van der Waals surface area contributed by atoms with Crippen LogP contribution in [0.3, 0.4) is 0 Å². The summed E-state index contributed by atoms with van der Waals surface area (Å²) in [6.07, 6.45) is 5.49. The van der Waals surface area contributed by atoms with Crippen LogP contribution in [-0.4, -0.2) is 27.3 Å². The highest BCUT2D eigenvalue weighted by Gasteiger charge is 2.00. The summed E-state index contributed by atoms with van der Waals surface area (Å²) in [6, 6.07) is 0. The molecule has 0 saturated carbocycles. The zero-order chi connectivity index (χ0) is 11.1. The lowest BCUT2D eigenvalue weighted by molar-refractivity contribution is 0.181. The van der Waals surface area contributed by atoms with Crippen molar-refractivity contribution in [1.82, 2.24) is 14.9 Å². The van der Waals surface area contributed by atoms with Crippen LogP contribution in [0.1, 0.15) is 32.5 Å². The van der Waals surface area contributed by atoms with Gasteiger partial charge in [-0.05, 0) is 33.2 Å². The van der Waals surface area contributed by atoms with Crippen molar-refractivity contribution >= 4 is 0 Å². The van der Waals surface area contributed by atoms with Crippen molar-refractivity contribution in [3.05, 3.63) is 18.2 Å². The number of hydrogen-bond donors (Lipinski definition) is 2.